The van der Waals surface area contributed by atoms with Gasteiger partial charge in [0.1, 0.15) is 12.1 Å². The van der Waals surface area contributed by atoms with Crippen LogP contribution in [0.4, 0.5) is 0 Å². The lowest BCUT2D eigenvalue weighted by Gasteiger charge is -2.14. The van der Waals surface area contributed by atoms with Crippen molar-refractivity contribution in [2.45, 2.75) is 46.4 Å². The molecule has 12 nitrogen and oxygen atoms in total. The van der Waals surface area contributed by atoms with Crippen LogP contribution in [-0.2, 0) is 22.7 Å². The Morgan fingerprint density at radius 3 is 1.75 bits per heavy atom. The zero-order chi connectivity index (χ0) is 32.9. The van der Waals surface area contributed by atoms with E-state index < -0.39 is 34.9 Å². The maximum Gasteiger partial charge on any atom is 0.321 e. The molecular weight excluding hydrogens is 676 g/mol. The molecule has 0 radical (unpaired) electrons. The van der Waals surface area contributed by atoms with Gasteiger partial charge in [0, 0.05) is 63.5 Å². The molecule has 15 heteroatoms. The number of aromatic nitrogens is 2. The van der Waals surface area contributed by atoms with Gasteiger partial charge in [0.2, 0.25) is 10.9 Å². The summed E-state index contributed by atoms with van der Waals surface area (Å²) in [4.78, 5) is 43.8. The summed E-state index contributed by atoms with van der Waals surface area (Å²) in [6, 6.07) is 1.06. The van der Waals surface area contributed by atoms with Crippen LogP contribution in [0.25, 0.3) is 0 Å². The van der Waals surface area contributed by atoms with E-state index in [2.05, 4.69) is 33.1 Å². The Morgan fingerprint density at radius 1 is 0.955 bits per heavy atom. The van der Waals surface area contributed by atoms with Gasteiger partial charge in [0.25, 0.3) is 0 Å². The molecule has 2 heterocycles. The van der Waals surface area contributed by atoms with Gasteiger partial charge >= 0.3 is 11.9 Å². The van der Waals surface area contributed by atoms with Crippen LogP contribution in [0.3, 0.4) is 0 Å². The summed E-state index contributed by atoms with van der Waals surface area (Å²) in [5, 5.41) is 40.0. The molecule has 0 aromatic carbocycles. The van der Waals surface area contributed by atoms with Crippen molar-refractivity contribution in [3.05, 3.63) is 56.4 Å². The number of aryl methyl sites for hydroxylation is 2. The number of rotatable bonds is 14. The number of halogens is 1. The van der Waals surface area contributed by atoms with Crippen molar-refractivity contribution in [1.29, 1.82) is 0 Å². The maximum atomic E-state index is 11.2. The molecule has 0 aliphatic rings. The molecule has 0 unspecified atom stereocenters. The number of aromatic hydroxyl groups is 2. The predicted octanol–water partition coefficient (Wildman–Crippen LogP) is 2.42. The van der Waals surface area contributed by atoms with E-state index in [4.69, 9.17) is 28.8 Å². The molecule has 0 fully saturated rings. The van der Waals surface area contributed by atoms with Gasteiger partial charge < -0.3 is 35.3 Å². The number of terminal acetylenes is 2. The fourth-order valence-corrected chi connectivity index (χ4v) is 4.90. The molecule has 44 heavy (non-hydrogen) atoms. The SMILES string of the molecule is C.C#CCBr.C#CCN[C@@H](CSCCn1ccc(=O)c(O)c1C)C(=O)O.Cc1c(O)c(=O)ccn1CCSC[C@H](N)C(=O)O.[HH].[HH]. The molecule has 0 spiro atoms. The van der Waals surface area contributed by atoms with Crippen LogP contribution < -0.4 is 21.9 Å². The summed E-state index contributed by atoms with van der Waals surface area (Å²) < 4.78 is 3.50. The summed E-state index contributed by atoms with van der Waals surface area (Å²) in [6.07, 6.45) is 13.0. The third-order valence-electron chi connectivity index (χ3n) is 5.50. The van der Waals surface area contributed by atoms with Crippen LogP contribution in [0.2, 0.25) is 0 Å². The van der Waals surface area contributed by atoms with Gasteiger partial charge in [-0.15, -0.1) is 12.8 Å². The highest BCUT2D eigenvalue weighted by Gasteiger charge is 2.16. The minimum Gasteiger partial charge on any atom is -0.503 e. The number of nitrogens with two attached hydrogens (primary N) is 1. The van der Waals surface area contributed by atoms with Gasteiger partial charge in [-0.25, -0.2) is 0 Å². The Morgan fingerprint density at radius 2 is 1.39 bits per heavy atom. The minimum absolute atomic E-state index is 0. The molecule has 2 aromatic heterocycles. The lowest BCUT2D eigenvalue weighted by Crippen LogP contribution is -2.39. The zero-order valence-corrected chi connectivity index (χ0v) is 27.1. The average molecular weight is 722 g/mol. The molecular formula is C29H45BrN4O8S2. The highest BCUT2D eigenvalue weighted by Crippen LogP contribution is 2.12. The Hall–Kier alpha value is -3.34. The van der Waals surface area contributed by atoms with Crippen LogP contribution in [-0.4, -0.2) is 88.5 Å². The molecule has 0 bridgehead atoms. The van der Waals surface area contributed by atoms with Crippen molar-refractivity contribution < 1.29 is 32.9 Å². The highest BCUT2D eigenvalue weighted by atomic mass is 79.9. The van der Waals surface area contributed by atoms with Gasteiger partial charge in [-0.2, -0.15) is 23.5 Å². The van der Waals surface area contributed by atoms with Crippen molar-refractivity contribution in [1.82, 2.24) is 14.5 Å². The molecule has 2 atom stereocenters. The van der Waals surface area contributed by atoms with E-state index in [9.17, 15) is 29.4 Å². The van der Waals surface area contributed by atoms with E-state index in [0.717, 1.165) is 0 Å². The van der Waals surface area contributed by atoms with Gasteiger partial charge in [0.05, 0.1) is 23.3 Å². The van der Waals surface area contributed by atoms with E-state index in [1.54, 1.807) is 35.4 Å². The van der Waals surface area contributed by atoms with Gasteiger partial charge in [-0.05, 0) is 13.8 Å². The Bertz CT molecular complexity index is 1400. The number of nitrogens with zero attached hydrogens (tertiary/aromatic N) is 2. The fraction of sp³-hybridized carbons (Fsp3) is 0.448. The van der Waals surface area contributed by atoms with Gasteiger partial charge in [0.15, 0.2) is 11.5 Å². The lowest BCUT2D eigenvalue weighted by molar-refractivity contribution is -0.139. The maximum absolute atomic E-state index is 11.2. The van der Waals surface area contributed by atoms with Gasteiger partial charge in [-0.1, -0.05) is 35.2 Å². The van der Waals surface area contributed by atoms with Crippen molar-refractivity contribution in [3.8, 4) is 36.2 Å². The number of nitrogens with one attached hydrogen (secondary N) is 1. The van der Waals surface area contributed by atoms with E-state index in [1.807, 2.05) is 0 Å². The number of hydrogen-bond donors (Lipinski definition) is 6. The first kappa shape index (κ1) is 42.8. The largest absolute Gasteiger partial charge is 0.503 e. The van der Waals surface area contributed by atoms with Gasteiger partial charge in [-0.3, -0.25) is 24.5 Å². The molecule has 0 saturated carbocycles. The van der Waals surface area contributed by atoms with E-state index in [1.165, 1.54) is 35.7 Å². The highest BCUT2D eigenvalue weighted by molar-refractivity contribution is 9.09. The minimum atomic E-state index is -1.01. The number of carboxylic acids is 2. The first-order valence-corrected chi connectivity index (χ1v) is 16.1. The van der Waals surface area contributed by atoms with Crippen molar-refractivity contribution in [2.75, 3.05) is 34.9 Å². The second-order valence-corrected chi connectivity index (χ2v) is 11.4. The Balaban J connectivity index is -0.000000326. The molecule has 0 saturated heterocycles. The zero-order valence-electron chi connectivity index (χ0n) is 23.9. The summed E-state index contributed by atoms with van der Waals surface area (Å²) in [5.74, 6) is 4.29. The molecule has 2 rings (SSSR count). The summed E-state index contributed by atoms with van der Waals surface area (Å²) >= 11 is 5.89. The first-order chi connectivity index (χ1) is 20.3. The third-order valence-corrected chi connectivity index (χ3v) is 7.93. The first-order valence-electron chi connectivity index (χ1n) is 12.6. The smallest absolute Gasteiger partial charge is 0.321 e. The predicted molar refractivity (Wildman–Crippen MR) is 186 cm³/mol. The average Bonchev–Trinajstić information content (AvgIpc) is 2.98. The van der Waals surface area contributed by atoms with E-state index >= 15 is 0 Å². The molecule has 248 valence electrons. The van der Waals surface area contributed by atoms with Crippen LogP contribution in [0.1, 0.15) is 21.7 Å². The second kappa shape index (κ2) is 24.0. The monoisotopic (exact) mass is 720 g/mol. The number of pyridine rings is 2. The van der Waals surface area contributed by atoms with Crippen molar-refractivity contribution >= 4 is 51.4 Å². The Labute approximate surface area is 277 Å². The normalized spacial score (nSPS) is 11.1. The summed E-state index contributed by atoms with van der Waals surface area (Å²) in [6.45, 7) is 4.69. The quantitative estimate of drug-likeness (QED) is 0.0949. The number of aliphatic carboxylic acids is 2. The fourth-order valence-electron chi connectivity index (χ4n) is 3.02. The molecule has 0 amide bonds. The van der Waals surface area contributed by atoms with Crippen LogP contribution in [0, 0.1) is 38.5 Å². The van der Waals surface area contributed by atoms with Crippen molar-refractivity contribution in [2.24, 2.45) is 5.73 Å². The third kappa shape index (κ3) is 16.5. The summed E-state index contributed by atoms with van der Waals surface area (Å²) in [7, 11) is 0. The standard InChI is InChI=1S/C14H18N2O4S.C11H16N2O4S.C3H3Br.CH4.2H2/c1-3-5-15-11(14(19)20)9-21-8-7-16-6-4-12(17)13(18)10(16)2;1-7-10(15)9(14)2-3-13(7)4-5-18-6-8(12)11(16)17;1-2-3-4;;;/h1,4,6,11,15,18H,5,7-9H2,2H3,(H,19,20);2-3,8,15H,4-6,12H2,1H3,(H,16,17);1H,3H2;1H4;2*1H/t11-;8-;;;;/m00..../s1. The number of carboxylic acid groups (broad SMARTS) is 2. The van der Waals surface area contributed by atoms with E-state index in [0.29, 0.717) is 52.8 Å². The van der Waals surface area contributed by atoms with Crippen molar-refractivity contribution in [3.63, 3.8) is 0 Å². The van der Waals surface area contributed by atoms with E-state index in [-0.39, 0.29) is 28.3 Å². The number of thioether (sulfide) groups is 2. The van der Waals surface area contributed by atoms with Crippen LogP contribution >= 0.6 is 39.5 Å². The summed E-state index contributed by atoms with van der Waals surface area (Å²) in [5.41, 5.74) is 5.57. The molecule has 7 N–H and O–H groups in total. The topological polar surface area (TPSA) is 197 Å². The molecule has 0 aliphatic heterocycles. The lowest BCUT2D eigenvalue weighted by atomic mass is 10.3. The number of carbonyl (C=O) groups is 2. The number of alkyl halides is 1. The second-order valence-electron chi connectivity index (χ2n) is 8.52. The Kier molecular flexibility index (Phi) is 23.4. The molecule has 0 aliphatic carbocycles. The molecule has 2 aromatic rings. The van der Waals surface area contributed by atoms with Crippen LogP contribution in [0.15, 0.2) is 34.1 Å². The number of hydrogen-bond acceptors (Lipinski definition) is 10. The van der Waals surface area contributed by atoms with Crippen LogP contribution in [0.5, 0.6) is 11.5 Å².